The van der Waals surface area contributed by atoms with Crippen LogP contribution >= 0.6 is 0 Å². The summed E-state index contributed by atoms with van der Waals surface area (Å²) in [5, 5.41) is 11.0. The van der Waals surface area contributed by atoms with Crippen molar-refractivity contribution in [2.45, 2.75) is 26.4 Å². The Bertz CT molecular complexity index is 505. The molecule has 1 rings (SSSR count). The van der Waals surface area contributed by atoms with Gasteiger partial charge in [-0.1, -0.05) is 0 Å². The minimum Gasteiger partial charge on any atom is -0.481 e. The number of carbonyl (C=O) groups is 1. The first kappa shape index (κ1) is 16.8. The second-order valence-corrected chi connectivity index (χ2v) is 4.01. The van der Waals surface area contributed by atoms with Gasteiger partial charge in [-0.05, 0) is 13.8 Å². The summed E-state index contributed by atoms with van der Waals surface area (Å²) in [6.45, 7) is 3.91. The van der Waals surface area contributed by atoms with Gasteiger partial charge in [-0.15, -0.1) is 0 Å². The van der Waals surface area contributed by atoms with E-state index < -0.39 is 17.0 Å². The number of pyridine rings is 1. The Morgan fingerprint density at radius 3 is 2.67 bits per heavy atom. The van der Waals surface area contributed by atoms with Gasteiger partial charge in [0.2, 0.25) is 5.88 Å². The van der Waals surface area contributed by atoms with E-state index in [1.54, 1.807) is 13.8 Å². The zero-order valence-electron chi connectivity index (χ0n) is 12.2. The van der Waals surface area contributed by atoms with Crippen molar-refractivity contribution in [2.24, 2.45) is 0 Å². The molecule has 0 N–H and O–H groups in total. The second kappa shape index (κ2) is 8.15. The van der Waals surface area contributed by atoms with E-state index in [1.165, 1.54) is 13.2 Å². The van der Waals surface area contributed by atoms with Crippen molar-refractivity contribution in [3.05, 3.63) is 27.9 Å². The van der Waals surface area contributed by atoms with Crippen LogP contribution in [0.4, 0.5) is 5.69 Å². The fourth-order valence-electron chi connectivity index (χ4n) is 1.75. The first-order valence-electron chi connectivity index (χ1n) is 6.48. The minimum atomic E-state index is -0.902. The van der Waals surface area contributed by atoms with E-state index in [2.05, 4.69) is 4.98 Å². The summed E-state index contributed by atoms with van der Waals surface area (Å²) in [6.07, 6.45) is 0.213. The highest BCUT2D eigenvalue weighted by Crippen LogP contribution is 2.23. The van der Waals surface area contributed by atoms with Crippen LogP contribution in [0.2, 0.25) is 0 Å². The van der Waals surface area contributed by atoms with Crippen LogP contribution in [0.5, 0.6) is 5.88 Å². The number of ether oxygens (including phenoxy) is 3. The second-order valence-electron chi connectivity index (χ2n) is 4.01. The lowest BCUT2D eigenvalue weighted by atomic mass is 10.1. The predicted octanol–water partition coefficient (Wildman–Crippen LogP) is 1.51. The number of hydrogen-bond donors (Lipinski definition) is 0. The first-order chi connectivity index (χ1) is 10.0. The molecule has 0 spiro atoms. The van der Waals surface area contributed by atoms with Crippen LogP contribution in [0, 0.1) is 10.1 Å². The molecule has 1 heterocycles. The molecular formula is C13H18N2O6. The standard InChI is InChI=1S/C13H18N2O6/c1-4-20-11(13(16)21-5-2)6-9-7-12(19-3)14-8-10(9)15(17)18/h7-8,11H,4-6H2,1-3H3. The van der Waals surface area contributed by atoms with E-state index in [9.17, 15) is 14.9 Å². The van der Waals surface area contributed by atoms with Gasteiger partial charge in [0, 0.05) is 24.7 Å². The largest absolute Gasteiger partial charge is 0.481 e. The van der Waals surface area contributed by atoms with E-state index in [0.29, 0.717) is 12.2 Å². The van der Waals surface area contributed by atoms with Gasteiger partial charge in [0.25, 0.3) is 5.69 Å². The van der Waals surface area contributed by atoms with Gasteiger partial charge in [-0.25, -0.2) is 9.78 Å². The number of nitro groups is 1. The topological polar surface area (TPSA) is 101 Å². The molecule has 0 amide bonds. The molecular weight excluding hydrogens is 280 g/mol. The van der Waals surface area contributed by atoms with Gasteiger partial charge < -0.3 is 14.2 Å². The smallest absolute Gasteiger partial charge is 0.335 e. The monoisotopic (exact) mass is 298 g/mol. The molecule has 0 aromatic carbocycles. The Morgan fingerprint density at radius 2 is 2.14 bits per heavy atom. The van der Waals surface area contributed by atoms with Gasteiger partial charge >= 0.3 is 5.97 Å². The predicted molar refractivity (Wildman–Crippen MR) is 73.2 cm³/mol. The van der Waals surface area contributed by atoms with Crippen LogP contribution < -0.4 is 4.74 Å². The van der Waals surface area contributed by atoms with Crippen molar-refractivity contribution in [1.82, 2.24) is 4.98 Å². The molecule has 0 fully saturated rings. The molecule has 0 aliphatic carbocycles. The van der Waals surface area contributed by atoms with E-state index in [-0.39, 0.29) is 24.6 Å². The number of nitrogens with zero attached hydrogens (tertiary/aromatic N) is 2. The third-order valence-electron chi connectivity index (χ3n) is 2.67. The number of rotatable bonds is 8. The summed E-state index contributed by atoms with van der Waals surface area (Å²) in [4.78, 5) is 26.1. The summed E-state index contributed by atoms with van der Waals surface area (Å²) < 4.78 is 15.2. The van der Waals surface area contributed by atoms with Crippen molar-refractivity contribution in [3.63, 3.8) is 0 Å². The highest BCUT2D eigenvalue weighted by atomic mass is 16.6. The molecule has 0 bridgehead atoms. The Kier molecular flexibility index (Phi) is 6.54. The number of hydrogen-bond acceptors (Lipinski definition) is 7. The van der Waals surface area contributed by atoms with Gasteiger partial charge in [-0.2, -0.15) is 0 Å². The summed E-state index contributed by atoms with van der Waals surface area (Å²) >= 11 is 0. The summed E-state index contributed by atoms with van der Waals surface area (Å²) in [6, 6.07) is 1.42. The molecule has 0 aliphatic heterocycles. The molecule has 8 nitrogen and oxygen atoms in total. The molecule has 0 radical (unpaired) electrons. The van der Waals surface area contributed by atoms with Gasteiger partial charge in [0.1, 0.15) is 6.20 Å². The fraction of sp³-hybridized carbons (Fsp3) is 0.538. The quantitative estimate of drug-likeness (QED) is 0.407. The average Bonchev–Trinajstić information content (AvgIpc) is 2.46. The van der Waals surface area contributed by atoms with Gasteiger partial charge in [0.05, 0.1) is 18.6 Å². The van der Waals surface area contributed by atoms with Gasteiger partial charge in [-0.3, -0.25) is 10.1 Å². The van der Waals surface area contributed by atoms with Gasteiger partial charge in [0.15, 0.2) is 6.10 Å². The lowest BCUT2D eigenvalue weighted by molar-refractivity contribution is -0.386. The summed E-state index contributed by atoms with van der Waals surface area (Å²) in [5.41, 5.74) is 0.114. The molecule has 0 saturated heterocycles. The molecule has 1 aromatic heterocycles. The van der Waals surface area contributed by atoms with Crippen LogP contribution in [0.3, 0.4) is 0 Å². The third kappa shape index (κ3) is 4.67. The highest BCUT2D eigenvalue weighted by Gasteiger charge is 2.25. The average molecular weight is 298 g/mol. The molecule has 1 unspecified atom stereocenters. The van der Waals surface area contributed by atoms with Crippen LogP contribution in [-0.2, 0) is 20.7 Å². The van der Waals surface area contributed by atoms with Crippen LogP contribution in [0.25, 0.3) is 0 Å². The zero-order chi connectivity index (χ0) is 15.8. The van der Waals surface area contributed by atoms with E-state index >= 15 is 0 Å². The zero-order valence-corrected chi connectivity index (χ0v) is 12.2. The summed E-state index contributed by atoms with van der Waals surface area (Å²) in [5.74, 6) is -0.320. The van der Waals surface area contributed by atoms with Crippen molar-refractivity contribution in [3.8, 4) is 5.88 Å². The molecule has 1 aromatic rings. The molecule has 0 saturated carbocycles. The molecule has 0 aliphatic rings. The molecule has 116 valence electrons. The maximum atomic E-state index is 11.8. The number of carbonyl (C=O) groups excluding carboxylic acids is 1. The molecule has 21 heavy (non-hydrogen) atoms. The van der Waals surface area contributed by atoms with Crippen molar-refractivity contribution < 1.29 is 23.9 Å². The number of aromatic nitrogens is 1. The molecule has 1 atom stereocenters. The SMILES string of the molecule is CCOC(=O)C(Cc1cc(OC)ncc1[N+](=O)[O-])OCC. The minimum absolute atomic E-state index is 0.0157. The van der Waals surface area contributed by atoms with Crippen molar-refractivity contribution in [2.75, 3.05) is 20.3 Å². The Labute approximate surface area is 122 Å². The highest BCUT2D eigenvalue weighted by molar-refractivity contribution is 5.75. The lowest BCUT2D eigenvalue weighted by Gasteiger charge is -2.15. The maximum Gasteiger partial charge on any atom is 0.335 e. The molecule has 8 heteroatoms. The first-order valence-corrected chi connectivity index (χ1v) is 6.48. The third-order valence-corrected chi connectivity index (χ3v) is 2.67. The van der Waals surface area contributed by atoms with E-state index in [0.717, 1.165) is 6.20 Å². The van der Waals surface area contributed by atoms with Crippen LogP contribution in [-0.4, -0.2) is 42.3 Å². The normalized spacial score (nSPS) is 11.8. The maximum absolute atomic E-state index is 11.8. The Balaban J connectivity index is 3.05. The Hall–Kier alpha value is -2.22. The van der Waals surface area contributed by atoms with Crippen molar-refractivity contribution in [1.29, 1.82) is 0 Å². The van der Waals surface area contributed by atoms with E-state index in [1.807, 2.05) is 0 Å². The fourth-order valence-corrected chi connectivity index (χ4v) is 1.75. The summed E-state index contributed by atoms with van der Waals surface area (Å²) in [7, 11) is 1.41. The number of esters is 1. The Morgan fingerprint density at radius 1 is 1.43 bits per heavy atom. The van der Waals surface area contributed by atoms with E-state index in [4.69, 9.17) is 14.2 Å². The number of methoxy groups -OCH3 is 1. The van der Waals surface area contributed by atoms with Crippen molar-refractivity contribution >= 4 is 11.7 Å². The lowest BCUT2D eigenvalue weighted by Crippen LogP contribution is -2.29. The van der Waals surface area contributed by atoms with Crippen LogP contribution in [0.15, 0.2) is 12.3 Å². The van der Waals surface area contributed by atoms with Crippen LogP contribution in [0.1, 0.15) is 19.4 Å².